The molecular formula is C18H14FN3. The van der Waals surface area contributed by atoms with Crippen LogP contribution in [0.5, 0.6) is 0 Å². The molecule has 3 rings (SSSR count). The second kappa shape index (κ2) is 6.68. The maximum Gasteiger partial charge on any atom is 0.131 e. The van der Waals surface area contributed by atoms with Crippen LogP contribution in [0.25, 0.3) is 11.1 Å². The number of halogens is 1. The highest BCUT2D eigenvalue weighted by molar-refractivity contribution is 5.62. The van der Waals surface area contributed by atoms with Crippen LogP contribution in [0.2, 0.25) is 0 Å². The molecule has 0 saturated heterocycles. The lowest BCUT2D eigenvalue weighted by molar-refractivity contribution is 0.628. The summed E-state index contributed by atoms with van der Waals surface area (Å²) < 4.78 is 15.5. The van der Waals surface area contributed by atoms with Crippen molar-refractivity contribution in [1.82, 2.24) is 14.8 Å². The molecule has 0 aliphatic carbocycles. The standard InChI is InChI=1S/C18H14FN3/c19-18-7-2-1-6-17(18)16-13-21-22(14-16)12-4-3-5-15-8-10-20-11-9-15/h1-2,6-11,13-14H,4,12H2. The van der Waals surface area contributed by atoms with Crippen LogP contribution in [0, 0.1) is 17.7 Å². The molecule has 2 heterocycles. The molecule has 0 bridgehead atoms. The van der Waals surface area contributed by atoms with E-state index in [0.29, 0.717) is 18.5 Å². The van der Waals surface area contributed by atoms with Crippen LogP contribution in [-0.4, -0.2) is 14.8 Å². The average molecular weight is 291 g/mol. The Bertz CT molecular complexity index is 813. The van der Waals surface area contributed by atoms with Crippen molar-refractivity contribution in [1.29, 1.82) is 0 Å². The second-order valence-corrected chi connectivity index (χ2v) is 4.76. The van der Waals surface area contributed by atoms with Gasteiger partial charge >= 0.3 is 0 Å². The minimum absolute atomic E-state index is 0.237. The molecule has 0 fully saturated rings. The Morgan fingerprint density at radius 2 is 1.91 bits per heavy atom. The zero-order chi connectivity index (χ0) is 15.2. The molecule has 3 nitrogen and oxygen atoms in total. The Balaban J connectivity index is 1.64. The van der Waals surface area contributed by atoms with Gasteiger partial charge in [-0.05, 0) is 18.2 Å². The minimum atomic E-state index is -0.237. The molecule has 22 heavy (non-hydrogen) atoms. The van der Waals surface area contributed by atoms with Crippen LogP contribution >= 0.6 is 0 Å². The summed E-state index contributed by atoms with van der Waals surface area (Å²) in [5.74, 6) is 5.93. The van der Waals surface area contributed by atoms with Gasteiger partial charge in [0, 0.05) is 41.7 Å². The van der Waals surface area contributed by atoms with Gasteiger partial charge < -0.3 is 0 Å². The van der Waals surface area contributed by atoms with Gasteiger partial charge in [0.2, 0.25) is 0 Å². The summed E-state index contributed by atoms with van der Waals surface area (Å²) in [4.78, 5) is 3.95. The van der Waals surface area contributed by atoms with Crippen molar-refractivity contribution in [3.63, 3.8) is 0 Å². The second-order valence-electron chi connectivity index (χ2n) is 4.76. The van der Waals surface area contributed by atoms with Gasteiger partial charge in [0.05, 0.1) is 12.7 Å². The number of pyridine rings is 1. The van der Waals surface area contributed by atoms with Gasteiger partial charge in [-0.25, -0.2) is 4.39 Å². The third-order valence-corrected chi connectivity index (χ3v) is 3.20. The van der Waals surface area contributed by atoms with Gasteiger partial charge in [-0.3, -0.25) is 9.67 Å². The van der Waals surface area contributed by atoms with E-state index in [1.165, 1.54) is 6.07 Å². The number of aryl methyl sites for hydroxylation is 1. The van der Waals surface area contributed by atoms with Gasteiger partial charge in [0.15, 0.2) is 0 Å². The minimum Gasteiger partial charge on any atom is -0.271 e. The first-order valence-electron chi connectivity index (χ1n) is 6.99. The summed E-state index contributed by atoms with van der Waals surface area (Å²) in [6.45, 7) is 0.673. The van der Waals surface area contributed by atoms with Gasteiger partial charge in [-0.15, -0.1) is 0 Å². The van der Waals surface area contributed by atoms with E-state index in [-0.39, 0.29) is 5.82 Å². The Kier molecular flexibility index (Phi) is 4.26. The third kappa shape index (κ3) is 3.39. The molecule has 0 spiro atoms. The van der Waals surface area contributed by atoms with E-state index in [0.717, 1.165) is 11.1 Å². The fourth-order valence-electron chi connectivity index (χ4n) is 2.09. The predicted molar refractivity (Wildman–Crippen MR) is 83.4 cm³/mol. The molecule has 4 heteroatoms. The highest BCUT2D eigenvalue weighted by Crippen LogP contribution is 2.21. The lowest BCUT2D eigenvalue weighted by Gasteiger charge is -1.98. The first kappa shape index (κ1) is 14.0. The highest BCUT2D eigenvalue weighted by Gasteiger charge is 2.06. The molecule has 0 atom stereocenters. The molecule has 3 aromatic rings. The van der Waals surface area contributed by atoms with Gasteiger partial charge in [0.25, 0.3) is 0 Å². The van der Waals surface area contributed by atoms with Crippen molar-refractivity contribution in [2.75, 3.05) is 0 Å². The number of hydrogen-bond donors (Lipinski definition) is 0. The molecule has 0 unspecified atom stereocenters. The molecule has 0 saturated carbocycles. The van der Waals surface area contributed by atoms with Crippen molar-refractivity contribution >= 4 is 0 Å². The largest absolute Gasteiger partial charge is 0.271 e. The smallest absolute Gasteiger partial charge is 0.131 e. The van der Waals surface area contributed by atoms with E-state index >= 15 is 0 Å². The topological polar surface area (TPSA) is 30.7 Å². The summed E-state index contributed by atoms with van der Waals surface area (Å²) >= 11 is 0. The molecule has 2 aromatic heterocycles. The monoisotopic (exact) mass is 291 g/mol. The zero-order valence-corrected chi connectivity index (χ0v) is 11.9. The quantitative estimate of drug-likeness (QED) is 0.691. The molecule has 0 radical (unpaired) electrons. The van der Waals surface area contributed by atoms with Crippen molar-refractivity contribution in [2.45, 2.75) is 13.0 Å². The molecule has 0 N–H and O–H groups in total. The molecule has 108 valence electrons. The Hall–Kier alpha value is -2.93. The summed E-state index contributed by atoms with van der Waals surface area (Å²) in [6.07, 6.45) is 7.64. The fourth-order valence-corrected chi connectivity index (χ4v) is 2.09. The molecule has 0 aliphatic rings. The van der Waals surface area contributed by atoms with Crippen LogP contribution in [0.3, 0.4) is 0 Å². The Labute approximate surface area is 128 Å². The SMILES string of the molecule is Fc1ccccc1-c1cnn(CCC#Cc2ccncc2)c1. The normalized spacial score (nSPS) is 10.0. The number of rotatable bonds is 3. The van der Waals surface area contributed by atoms with Crippen molar-refractivity contribution in [3.05, 3.63) is 72.6 Å². The van der Waals surface area contributed by atoms with Gasteiger partial charge in [0.1, 0.15) is 5.82 Å². The van der Waals surface area contributed by atoms with E-state index in [2.05, 4.69) is 21.9 Å². The first-order valence-corrected chi connectivity index (χ1v) is 6.99. The van der Waals surface area contributed by atoms with Crippen LogP contribution < -0.4 is 0 Å². The van der Waals surface area contributed by atoms with Crippen LogP contribution in [0.1, 0.15) is 12.0 Å². The number of benzene rings is 1. The van der Waals surface area contributed by atoms with Crippen molar-refractivity contribution < 1.29 is 4.39 Å². The summed E-state index contributed by atoms with van der Waals surface area (Å²) in [7, 11) is 0. The fraction of sp³-hybridized carbons (Fsp3) is 0.111. The predicted octanol–water partition coefficient (Wildman–Crippen LogP) is 3.53. The maximum absolute atomic E-state index is 13.7. The maximum atomic E-state index is 13.7. The summed E-state index contributed by atoms with van der Waals surface area (Å²) in [5, 5.41) is 4.25. The van der Waals surface area contributed by atoms with Crippen LogP contribution in [0.4, 0.5) is 4.39 Å². The molecule has 1 aromatic carbocycles. The van der Waals surface area contributed by atoms with E-state index in [4.69, 9.17) is 0 Å². The lowest BCUT2D eigenvalue weighted by Crippen LogP contribution is -1.96. The number of aromatic nitrogens is 3. The zero-order valence-electron chi connectivity index (χ0n) is 11.9. The van der Waals surface area contributed by atoms with Crippen molar-refractivity contribution in [3.8, 4) is 23.0 Å². The number of nitrogens with zero attached hydrogens (tertiary/aromatic N) is 3. The molecular weight excluding hydrogens is 277 g/mol. The van der Waals surface area contributed by atoms with Crippen molar-refractivity contribution in [2.24, 2.45) is 0 Å². The number of hydrogen-bond acceptors (Lipinski definition) is 2. The average Bonchev–Trinajstić information content (AvgIpc) is 3.02. The van der Waals surface area contributed by atoms with E-state index < -0.39 is 0 Å². The van der Waals surface area contributed by atoms with Gasteiger partial charge in [-0.2, -0.15) is 5.10 Å². The van der Waals surface area contributed by atoms with E-state index in [9.17, 15) is 4.39 Å². The van der Waals surface area contributed by atoms with Gasteiger partial charge in [-0.1, -0.05) is 30.0 Å². The lowest BCUT2D eigenvalue weighted by atomic mass is 10.1. The highest BCUT2D eigenvalue weighted by atomic mass is 19.1. The Morgan fingerprint density at radius 1 is 1.09 bits per heavy atom. The first-order chi connectivity index (χ1) is 10.8. The molecule has 0 amide bonds. The van der Waals surface area contributed by atoms with Crippen LogP contribution in [-0.2, 0) is 6.54 Å². The Morgan fingerprint density at radius 3 is 2.73 bits per heavy atom. The summed E-state index contributed by atoms with van der Waals surface area (Å²) in [5.41, 5.74) is 2.29. The molecule has 0 aliphatic heterocycles. The van der Waals surface area contributed by atoms with E-state index in [1.54, 1.807) is 35.4 Å². The van der Waals surface area contributed by atoms with E-state index in [1.807, 2.05) is 24.4 Å². The third-order valence-electron chi connectivity index (χ3n) is 3.20. The van der Waals surface area contributed by atoms with Crippen LogP contribution in [0.15, 0.2) is 61.2 Å². The summed E-state index contributed by atoms with van der Waals surface area (Å²) in [6, 6.07) is 10.4.